The second-order valence-electron chi connectivity index (χ2n) is 7.21. The third-order valence-corrected chi connectivity index (χ3v) is 6.03. The molecule has 0 spiro atoms. The van der Waals surface area contributed by atoms with E-state index >= 15 is 0 Å². The molecule has 0 aliphatic rings. The zero-order chi connectivity index (χ0) is 21.7. The summed E-state index contributed by atoms with van der Waals surface area (Å²) in [4.78, 5) is 30.5. The number of aryl methyl sites for hydroxylation is 3. The van der Waals surface area contributed by atoms with Crippen molar-refractivity contribution in [3.63, 3.8) is 0 Å². The average molecular weight is 420 g/mol. The fourth-order valence-corrected chi connectivity index (χ4v) is 3.97. The van der Waals surface area contributed by atoms with Gasteiger partial charge in [0.15, 0.2) is 0 Å². The summed E-state index contributed by atoms with van der Waals surface area (Å²) in [5, 5.41) is 6.16. The largest absolute Gasteiger partial charge is 0.343 e. The monoisotopic (exact) mass is 419 g/mol. The Bertz CT molecular complexity index is 1100. The molecule has 2 N–H and O–H groups in total. The highest BCUT2D eigenvalue weighted by Gasteiger charge is 2.16. The van der Waals surface area contributed by atoms with Gasteiger partial charge in [-0.15, -0.1) is 0 Å². The first-order chi connectivity index (χ1) is 14.3. The Hall–Kier alpha value is -3.12. The number of aromatic nitrogens is 1. The normalized spacial score (nSPS) is 10.5. The Morgan fingerprint density at radius 2 is 1.77 bits per heavy atom. The van der Waals surface area contributed by atoms with E-state index in [-0.39, 0.29) is 18.4 Å². The van der Waals surface area contributed by atoms with Crippen LogP contribution in [0.1, 0.15) is 32.6 Å². The number of pyridine rings is 1. The summed E-state index contributed by atoms with van der Waals surface area (Å²) in [6.45, 7) is 7.89. The number of benzene rings is 2. The number of nitrogens with one attached hydrogen (secondary N) is 2. The van der Waals surface area contributed by atoms with Crippen molar-refractivity contribution in [3.05, 3.63) is 82.5 Å². The van der Waals surface area contributed by atoms with Gasteiger partial charge >= 0.3 is 0 Å². The van der Waals surface area contributed by atoms with Gasteiger partial charge in [-0.2, -0.15) is 0 Å². The molecular weight excluding hydrogens is 394 g/mol. The van der Waals surface area contributed by atoms with Gasteiger partial charge in [-0.25, -0.2) is 4.98 Å². The van der Waals surface area contributed by atoms with Crippen LogP contribution in [0.4, 0.5) is 5.69 Å². The van der Waals surface area contributed by atoms with E-state index in [0.29, 0.717) is 10.6 Å². The fourth-order valence-electron chi connectivity index (χ4n) is 2.90. The van der Waals surface area contributed by atoms with E-state index in [9.17, 15) is 9.59 Å². The minimum Gasteiger partial charge on any atom is -0.343 e. The van der Waals surface area contributed by atoms with Gasteiger partial charge in [0.05, 0.1) is 12.1 Å². The van der Waals surface area contributed by atoms with E-state index in [1.54, 1.807) is 18.3 Å². The lowest BCUT2D eigenvalue weighted by atomic mass is 10.1. The van der Waals surface area contributed by atoms with Crippen LogP contribution in [0.3, 0.4) is 0 Å². The molecule has 0 unspecified atom stereocenters. The van der Waals surface area contributed by atoms with Gasteiger partial charge in [-0.3, -0.25) is 9.59 Å². The van der Waals surface area contributed by atoms with Crippen LogP contribution in [-0.2, 0) is 4.79 Å². The molecule has 3 aromatic rings. The fraction of sp³-hybridized carbons (Fsp3) is 0.208. The molecule has 0 aliphatic carbocycles. The van der Waals surface area contributed by atoms with Crippen LogP contribution >= 0.6 is 11.8 Å². The lowest BCUT2D eigenvalue weighted by molar-refractivity contribution is -0.115. The molecule has 0 saturated carbocycles. The molecule has 0 atom stereocenters. The Morgan fingerprint density at radius 1 is 0.967 bits per heavy atom. The van der Waals surface area contributed by atoms with Crippen molar-refractivity contribution >= 4 is 29.3 Å². The van der Waals surface area contributed by atoms with Gasteiger partial charge in [0.25, 0.3) is 5.91 Å². The molecule has 0 fully saturated rings. The number of rotatable bonds is 6. The second-order valence-corrected chi connectivity index (χ2v) is 8.24. The highest BCUT2D eigenvalue weighted by molar-refractivity contribution is 7.99. The Labute approximate surface area is 181 Å². The van der Waals surface area contributed by atoms with Crippen LogP contribution in [0, 0.1) is 27.7 Å². The van der Waals surface area contributed by atoms with E-state index in [1.807, 2.05) is 45.9 Å². The summed E-state index contributed by atoms with van der Waals surface area (Å²) >= 11 is 1.45. The molecular formula is C24H25N3O2S. The van der Waals surface area contributed by atoms with E-state index in [0.717, 1.165) is 32.8 Å². The highest BCUT2D eigenvalue weighted by atomic mass is 32.2. The average Bonchev–Trinajstić information content (AvgIpc) is 2.73. The maximum absolute atomic E-state index is 12.7. The van der Waals surface area contributed by atoms with Crippen molar-refractivity contribution in [1.29, 1.82) is 0 Å². The third kappa shape index (κ3) is 5.27. The van der Waals surface area contributed by atoms with Crippen molar-refractivity contribution in [1.82, 2.24) is 10.3 Å². The quantitative estimate of drug-likeness (QED) is 0.600. The third-order valence-electron chi connectivity index (χ3n) is 4.85. The highest BCUT2D eigenvalue weighted by Crippen LogP contribution is 2.31. The zero-order valence-corrected chi connectivity index (χ0v) is 18.4. The maximum atomic E-state index is 12.7. The molecule has 2 amide bonds. The summed E-state index contributed by atoms with van der Waals surface area (Å²) in [5.41, 5.74) is 5.57. The van der Waals surface area contributed by atoms with Crippen LogP contribution in [0.2, 0.25) is 0 Å². The summed E-state index contributed by atoms with van der Waals surface area (Å²) in [6, 6.07) is 15.4. The predicted octanol–water partition coefficient (Wildman–Crippen LogP) is 4.83. The molecule has 2 aromatic carbocycles. The van der Waals surface area contributed by atoms with Crippen LogP contribution in [0.25, 0.3) is 0 Å². The molecule has 0 bridgehead atoms. The van der Waals surface area contributed by atoms with Crippen molar-refractivity contribution in [2.24, 2.45) is 0 Å². The smallest absolute Gasteiger partial charge is 0.254 e. The first-order valence-corrected chi connectivity index (χ1v) is 10.5. The lowest BCUT2D eigenvalue weighted by Crippen LogP contribution is -2.33. The molecule has 0 saturated heterocycles. The van der Waals surface area contributed by atoms with Crippen molar-refractivity contribution in [2.45, 2.75) is 37.6 Å². The first kappa shape index (κ1) is 21.6. The molecule has 154 valence electrons. The maximum Gasteiger partial charge on any atom is 0.254 e. The minimum atomic E-state index is -0.327. The standard InChI is InChI=1S/C24H25N3O2S/c1-15-10-11-17(3)21(13-15)30-24-19(8-6-12-25-24)23(29)26-14-22(28)27-20-9-5-7-16(2)18(20)4/h5-13H,14H2,1-4H3,(H,26,29)(H,27,28). The van der Waals surface area contributed by atoms with E-state index in [4.69, 9.17) is 0 Å². The van der Waals surface area contributed by atoms with Gasteiger partial charge < -0.3 is 10.6 Å². The number of hydrogen-bond acceptors (Lipinski definition) is 4. The van der Waals surface area contributed by atoms with E-state index in [2.05, 4.69) is 33.8 Å². The Morgan fingerprint density at radius 3 is 2.57 bits per heavy atom. The Kier molecular flexibility index (Phi) is 6.90. The molecule has 1 heterocycles. The van der Waals surface area contributed by atoms with Gasteiger partial charge in [0.2, 0.25) is 5.91 Å². The van der Waals surface area contributed by atoms with Crippen LogP contribution in [0.15, 0.2) is 64.6 Å². The zero-order valence-electron chi connectivity index (χ0n) is 17.6. The summed E-state index contributed by atoms with van der Waals surface area (Å²) in [6.07, 6.45) is 1.66. The number of carbonyl (C=O) groups is 2. The van der Waals surface area contributed by atoms with Gasteiger partial charge in [-0.1, -0.05) is 36.0 Å². The van der Waals surface area contributed by atoms with Crippen LogP contribution < -0.4 is 10.6 Å². The molecule has 30 heavy (non-hydrogen) atoms. The number of hydrogen-bond donors (Lipinski definition) is 2. The molecule has 5 nitrogen and oxygen atoms in total. The number of carbonyl (C=O) groups excluding carboxylic acids is 2. The van der Waals surface area contributed by atoms with Crippen molar-refractivity contribution < 1.29 is 9.59 Å². The second kappa shape index (κ2) is 9.59. The topological polar surface area (TPSA) is 71.1 Å². The SMILES string of the molecule is Cc1ccc(C)c(Sc2ncccc2C(=O)NCC(=O)Nc2cccc(C)c2C)c1. The lowest BCUT2D eigenvalue weighted by Gasteiger charge is -2.12. The number of nitrogens with zero attached hydrogens (tertiary/aromatic N) is 1. The Balaban J connectivity index is 1.68. The minimum absolute atomic E-state index is 0.116. The molecule has 6 heteroatoms. The predicted molar refractivity (Wildman–Crippen MR) is 121 cm³/mol. The van der Waals surface area contributed by atoms with Gasteiger partial charge in [-0.05, 0) is 74.2 Å². The first-order valence-electron chi connectivity index (χ1n) is 9.69. The molecule has 0 aliphatic heterocycles. The van der Waals surface area contributed by atoms with Crippen molar-refractivity contribution in [3.8, 4) is 0 Å². The van der Waals surface area contributed by atoms with Crippen molar-refractivity contribution in [2.75, 3.05) is 11.9 Å². The van der Waals surface area contributed by atoms with Gasteiger partial charge in [0, 0.05) is 16.8 Å². The van der Waals surface area contributed by atoms with Gasteiger partial charge in [0.1, 0.15) is 5.03 Å². The summed E-state index contributed by atoms with van der Waals surface area (Å²) in [7, 11) is 0. The molecule has 1 aromatic heterocycles. The molecule has 3 rings (SSSR count). The van der Waals surface area contributed by atoms with E-state index < -0.39 is 0 Å². The summed E-state index contributed by atoms with van der Waals surface area (Å²) in [5.74, 6) is -0.600. The number of amides is 2. The van der Waals surface area contributed by atoms with Crippen LogP contribution in [0.5, 0.6) is 0 Å². The summed E-state index contributed by atoms with van der Waals surface area (Å²) < 4.78 is 0. The van der Waals surface area contributed by atoms with E-state index in [1.165, 1.54) is 11.8 Å². The van der Waals surface area contributed by atoms with Crippen LogP contribution in [-0.4, -0.2) is 23.3 Å². The molecule has 0 radical (unpaired) electrons. The number of anilines is 1.